The van der Waals surface area contributed by atoms with E-state index in [9.17, 15) is 4.21 Å². The summed E-state index contributed by atoms with van der Waals surface area (Å²) in [5, 5.41) is 3.38. The van der Waals surface area contributed by atoms with Gasteiger partial charge in [0.15, 0.2) is 0 Å². The first kappa shape index (κ1) is 17.6. The molecule has 0 radical (unpaired) electrons. The van der Waals surface area contributed by atoms with Crippen molar-refractivity contribution < 1.29 is 4.21 Å². The Hall–Kier alpha value is -1.17. The SMILES string of the molecule is CC1=CNCC(N2CCN(S(=O)c3c(C)cc(C)cc3C)CC2)C1. The van der Waals surface area contributed by atoms with Crippen LogP contribution in [0.5, 0.6) is 0 Å². The molecule has 0 bridgehead atoms. The number of piperazine rings is 1. The van der Waals surface area contributed by atoms with Gasteiger partial charge in [-0.15, -0.1) is 0 Å². The second-order valence-corrected chi connectivity index (χ2v) is 8.62. The van der Waals surface area contributed by atoms with E-state index in [1.54, 1.807) is 0 Å². The van der Waals surface area contributed by atoms with E-state index in [0.29, 0.717) is 6.04 Å². The fourth-order valence-electron chi connectivity index (χ4n) is 3.94. The van der Waals surface area contributed by atoms with Gasteiger partial charge in [-0.3, -0.25) is 4.90 Å². The van der Waals surface area contributed by atoms with Crippen LogP contribution < -0.4 is 5.32 Å². The minimum Gasteiger partial charge on any atom is -0.389 e. The standard InChI is InChI=1S/C19H29N3OS/c1-14-9-16(3)19(17(4)10-14)24(23)22-7-5-21(6-8-22)18-11-15(2)12-20-13-18/h9-10,12,18,20H,5-8,11,13H2,1-4H3. The zero-order valence-electron chi connectivity index (χ0n) is 15.3. The zero-order valence-corrected chi connectivity index (χ0v) is 16.1. The summed E-state index contributed by atoms with van der Waals surface area (Å²) in [7, 11) is -1.05. The molecule has 1 saturated heterocycles. The first-order chi connectivity index (χ1) is 11.5. The summed E-state index contributed by atoms with van der Waals surface area (Å²) in [5.41, 5.74) is 4.95. The number of benzene rings is 1. The highest BCUT2D eigenvalue weighted by Crippen LogP contribution is 2.24. The summed E-state index contributed by atoms with van der Waals surface area (Å²) in [5.74, 6) is 0. The summed E-state index contributed by atoms with van der Waals surface area (Å²) >= 11 is 0. The lowest BCUT2D eigenvalue weighted by Crippen LogP contribution is -2.53. The lowest BCUT2D eigenvalue weighted by atomic mass is 10.0. The average Bonchev–Trinajstić information content (AvgIpc) is 2.54. The van der Waals surface area contributed by atoms with Crippen LogP contribution in [0.25, 0.3) is 0 Å². The smallest absolute Gasteiger partial charge is 0.128 e. The zero-order chi connectivity index (χ0) is 17.3. The van der Waals surface area contributed by atoms with Gasteiger partial charge >= 0.3 is 0 Å². The molecule has 3 rings (SSSR count). The van der Waals surface area contributed by atoms with Crippen molar-refractivity contribution in [2.75, 3.05) is 32.7 Å². The summed E-state index contributed by atoms with van der Waals surface area (Å²) in [6, 6.07) is 4.85. The van der Waals surface area contributed by atoms with Gasteiger partial charge in [0, 0.05) is 38.8 Å². The van der Waals surface area contributed by atoms with E-state index < -0.39 is 11.0 Å². The Kier molecular flexibility index (Phi) is 5.42. The molecule has 2 heterocycles. The molecule has 2 aliphatic rings. The average molecular weight is 348 g/mol. The van der Waals surface area contributed by atoms with Crippen molar-refractivity contribution >= 4 is 11.0 Å². The largest absolute Gasteiger partial charge is 0.389 e. The second kappa shape index (κ2) is 7.38. The molecule has 5 heteroatoms. The van der Waals surface area contributed by atoms with E-state index in [0.717, 1.165) is 55.2 Å². The van der Waals surface area contributed by atoms with Crippen LogP contribution in [-0.2, 0) is 11.0 Å². The van der Waals surface area contributed by atoms with Crippen LogP contribution in [-0.4, -0.2) is 52.2 Å². The molecule has 4 nitrogen and oxygen atoms in total. The van der Waals surface area contributed by atoms with Crippen molar-refractivity contribution in [3.8, 4) is 0 Å². The minimum absolute atomic E-state index is 0.577. The maximum atomic E-state index is 13.1. The fourth-order valence-corrected chi connectivity index (χ4v) is 5.36. The lowest BCUT2D eigenvalue weighted by Gasteiger charge is -2.40. The molecule has 2 aliphatic heterocycles. The molecule has 132 valence electrons. The van der Waals surface area contributed by atoms with E-state index >= 15 is 0 Å². The van der Waals surface area contributed by atoms with Crippen LogP contribution in [0.4, 0.5) is 0 Å². The van der Waals surface area contributed by atoms with Crippen molar-refractivity contribution in [2.45, 2.75) is 45.1 Å². The summed E-state index contributed by atoms with van der Waals surface area (Å²) < 4.78 is 15.2. The molecular formula is C19H29N3OS. The third-order valence-electron chi connectivity index (χ3n) is 5.06. The summed E-state index contributed by atoms with van der Waals surface area (Å²) in [6.45, 7) is 13.2. The highest BCUT2D eigenvalue weighted by atomic mass is 32.2. The van der Waals surface area contributed by atoms with Gasteiger partial charge in [-0.05, 0) is 51.4 Å². The normalized spacial score (nSPS) is 24.3. The first-order valence-electron chi connectivity index (χ1n) is 8.83. The van der Waals surface area contributed by atoms with Crippen LogP contribution in [0.3, 0.4) is 0 Å². The lowest BCUT2D eigenvalue weighted by molar-refractivity contribution is 0.135. The van der Waals surface area contributed by atoms with Crippen molar-refractivity contribution in [3.05, 3.63) is 40.6 Å². The van der Waals surface area contributed by atoms with Crippen molar-refractivity contribution in [1.82, 2.24) is 14.5 Å². The molecule has 0 aromatic heterocycles. The maximum Gasteiger partial charge on any atom is 0.128 e. The van der Waals surface area contributed by atoms with Gasteiger partial charge < -0.3 is 5.32 Å². The first-order valence-corrected chi connectivity index (χ1v) is 9.94. The summed E-state index contributed by atoms with van der Waals surface area (Å²) in [6.07, 6.45) is 3.27. The summed E-state index contributed by atoms with van der Waals surface area (Å²) in [4.78, 5) is 3.55. The van der Waals surface area contributed by atoms with Gasteiger partial charge in [0.2, 0.25) is 0 Å². The van der Waals surface area contributed by atoms with Gasteiger partial charge in [-0.25, -0.2) is 8.51 Å². The van der Waals surface area contributed by atoms with Crippen LogP contribution >= 0.6 is 0 Å². The number of rotatable bonds is 3. The molecule has 1 fully saturated rings. The molecule has 1 aromatic rings. The molecule has 0 amide bonds. The van der Waals surface area contributed by atoms with Crippen molar-refractivity contribution in [1.29, 1.82) is 0 Å². The fraction of sp³-hybridized carbons (Fsp3) is 0.579. The van der Waals surface area contributed by atoms with Gasteiger partial charge in [-0.1, -0.05) is 23.3 Å². The minimum atomic E-state index is -1.05. The molecule has 1 aromatic carbocycles. The number of hydrogen-bond acceptors (Lipinski definition) is 3. The monoisotopic (exact) mass is 347 g/mol. The van der Waals surface area contributed by atoms with Gasteiger partial charge in [-0.2, -0.15) is 0 Å². The molecular weight excluding hydrogens is 318 g/mol. The molecule has 2 unspecified atom stereocenters. The van der Waals surface area contributed by atoms with Crippen LogP contribution in [0.2, 0.25) is 0 Å². The topological polar surface area (TPSA) is 35.6 Å². The van der Waals surface area contributed by atoms with Gasteiger partial charge in [0.25, 0.3) is 0 Å². The van der Waals surface area contributed by atoms with Crippen LogP contribution in [0, 0.1) is 20.8 Å². The van der Waals surface area contributed by atoms with Crippen LogP contribution in [0.15, 0.2) is 28.8 Å². The second-order valence-electron chi connectivity index (χ2n) is 7.20. The number of aryl methyl sites for hydroxylation is 3. The highest BCUT2D eigenvalue weighted by molar-refractivity contribution is 7.82. The molecule has 2 atom stereocenters. The predicted octanol–water partition coefficient (Wildman–Crippen LogP) is 2.52. The van der Waals surface area contributed by atoms with Crippen molar-refractivity contribution in [2.24, 2.45) is 0 Å². The Morgan fingerprint density at radius 2 is 1.67 bits per heavy atom. The number of nitrogens with zero attached hydrogens (tertiary/aromatic N) is 2. The maximum absolute atomic E-state index is 13.1. The Balaban J connectivity index is 1.65. The van der Waals surface area contributed by atoms with Crippen LogP contribution in [0.1, 0.15) is 30.0 Å². The Labute approximate surface area is 148 Å². The van der Waals surface area contributed by atoms with E-state index in [2.05, 4.69) is 60.5 Å². The number of nitrogens with one attached hydrogen (secondary N) is 1. The van der Waals surface area contributed by atoms with Gasteiger partial charge in [0.1, 0.15) is 11.0 Å². The molecule has 1 N–H and O–H groups in total. The van der Waals surface area contributed by atoms with E-state index in [1.807, 2.05) is 0 Å². The van der Waals surface area contributed by atoms with E-state index in [4.69, 9.17) is 0 Å². The third kappa shape index (κ3) is 3.73. The van der Waals surface area contributed by atoms with Gasteiger partial charge in [0.05, 0.1) is 4.90 Å². The molecule has 0 aliphatic carbocycles. The molecule has 24 heavy (non-hydrogen) atoms. The Bertz CT molecular complexity index is 640. The van der Waals surface area contributed by atoms with Crippen molar-refractivity contribution in [3.63, 3.8) is 0 Å². The highest BCUT2D eigenvalue weighted by Gasteiger charge is 2.28. The third-order valence-corrected chi connectivity index (χ3v) is 6.89. The molecule has 0 saturated carbocycles. The molecule has 0 spiro atoms. The Morgan fingerprint density at radius 3 is 2.25 bits per heavy atom. The predicted molar refractivity (Wildman–Crippen MR) is 100 cm³/mol. The number of hydrogen-bond donors (Lipinski definition) is 1. The Morgan fingerprint density at radius 1 is 1.04 bits per heavy atom. The van der Waals surface area contributed by atoms with E-state index in [1.165, 1.54) is 11.1 Å². The van der Waals surface area contributed by atoms with E-state index in [-0.39, 0.29) is 0 Å². The quantitative estimate of drug-likeness (QED) is 0.913.